The SMILES string of the molecule is CCC(C)C1=CC=NC(C2C=CC(c3c4ccccc4c(-c4ccc5ccccc5c4)c4ccccc34)=C3C=CCCC32)C1. The van der Waals surface area contributed by atoms with Crippen molar-refractivity contribution in [2.45, 2.75) is 45.6 Å². The Morgan fingerprint density at radius 1 is 0.773 bits per heavy atom. The van der Waals surface area contributed by atoms with Crippen LogP contribution in [0.5, 0.6) is 0 Å². The van der Waals surface area contributed by atoms with Crippen LogP contribution in [0.2, 0.25) is 0 Å². The molecule has 5 aromatic rings. The average Bonchev–Trinajstić information content (AvgIpc) is 3.09. The molecule has 3 aliphatic rings. The summed E-state index contributed by atoms with van der Waals surface area (Å²) in [5, 5.41) is 7.85. The van der Waals surface area contributed by atoms with Gasteiger partial charge in [0.15, 0.2) is 0 Å². The fourth-order valence-corrected chi connectivity index (χ4v) is 8.07. The van der Waals surface area contributed by atoms with E-state index in [9.17, 15) is 0 Å². The molecule has 0 fully saturated rings. The molecule has 1 aliphatic heterocycles. The molecule has 0 radical (unpaired) electrons. The first-order chi connectivity index (χ1) is 21.7. The van der Waals surface area contributed by atoms with Crippen molar-refractivity contribution in [3.05, 3.63) is 138 Å². The summed E-state index contributed by atoms with van der Waals surface area (Å²) in [4.78, 5) is 5.08. The molecule has 216 valence electrons. The van der Waals surface area contributed by atoms with E-state index in [2.05, 4.69) is 141 Å². The summed E-state index contributed by atoms with van der Waals surface area (Å²) in [5.41, 5.74) is 8.41. The van der Waals surface area contributed by atoms with Crippen LogP contribution in [0.15, 0.2) is 138 Å². The van der Waals surface area contributed by atoms with Crippen molar-refractivity contribution in [2.24, 2.45) is 22.7 Å². The first-order valence-corrected chi connectivity index (χ1v) is 16.5. The van der Waals surface area contributed by atoms with Gasteiger partial charge >= 0.3 is 0 Å². The molecule has 1 heteroatoms. The lowest BCUT2D eigenvalue weighted by atomic mass is 9.68. The molecule has 44 heavy (non-hydrogen) atoms. The van der Waals surface area contributed by atoms with Gasteiger partial charge < -0.3 is 0 Å². The van der Waals surface area contributed by atoms with Gasteiger partial charge in [-0.25, -0.2) is 0 Å². The molecular weight excluding hydrogens is 530 g/mol. The minimum Gasteiger partial charge on any atom is -0.289 e. The van der Waals surface area contributed by atoms with Crippen molar-refractivity contribution in [3.63, 3.8) is 0 Å². The highest BCUT2D eigenvalue weighted by Gasteiger charge is 2.35. The molecule has 0 bridgehead atoms. The topological polar surface area (TPSA) is 12.4 Å². The quantitative estimate of drug-likeness (QED) is 0.187. The molecule has 0 saturated carbocycles. The maximum Gasteiger partial charge on any atom is 0.0605 e. The smallest absolute Gasteiger partial charge is 0.0605 e. The Labute approximate surface area is 261 Å². The number of benzene rings is 5. The molecule has 4 atom stereocenters. The highest BCUT2D eigenvalue weighted by atomic mass is 14.8. The molecule has 4 unspecified atom stereocenters. The molecule has 0 saturated heterocycles. The van der Waals surface area contributed by atoms with Gasteiger partial charge in [-0.15, -0.1) is 0 Å². The van der Waals surface area contributed by atoms with Gasteiger partial charge in [-0.2, -0.15) is 0 Å². The molecule has 1 nitrogen and oxygen atoms in total. The number of hydrogen-bond acceptors (Lipinski definition) is 1. The third-order valence-corrected chi connectivity index (χ3v) is 10.5. The molecular formula is C43H39N. The molecule has 5 aromatic carbocycles. The van der Waals surface area contributed by atoms with Gasteiger partial charge in [0.1, 0.15) is 0 Å². The Morgan fingerprint density at radius 3 is 2.18 bits per heavy atom. The summed E-state index contributed by atoms with van der Waals surface area (Å²) in [5.74, 6) is 1.53. The van der Waals surface area contributed by atoms with E-state index in [4.69, 9.17) is 4.99 Å². The van der Waals surface area contributed by atoms with Crippen LogP contribution in [0.25, 0.3) is 49.0 Å². The first kappa shape index (κ1) is 27.1. The number of nitrogens with zero attached hydrogens (tertiary/aromatic N) is 1. The maximum atomic E-state index is 5.08. The Hall–Kier alpha value is -4.49. The number of hydrogen-bond donors (Lipinski definition) is 0. The minimum atomic E-state index is 0.317. The molecule has 8 rings (SSSR count). The van der Waals surface area contributed by atoms with Crippen molar-refractivity contribution < 1.29 is 0 Å². The average molecular weight is 570 g/mol. The summed E-state index contributed by atoms with van der Waals surface area (Å²) in [6, 6.07) is 34.1. The van der Waals surface area contributed by atoms with E-state index in [0.717, 1.165) is 12.8 Å². The van der Waals surface area contributed by atoms with Gasteiger partial charge in [-0.1, -0.05) is 129 Å². The second-order valence-electron chi connectivity index (χ2n) is 12.9. The van der Waals surface area contributed by atoms with Crippen molar-refractivity contribution in [2.75, 3.05) is 0 Å². The van der Waals surface area contributed by atoms with E-state index in [1.54, 1.807) is 5.57 Å². The molecule has 2 aliphatic carbocycles. The zero-order valence-corrected chi connectivity index (χ0v) is 25.7. The van der Waals surface area contributed by atoms with E-state index in [1.165, 1.54) is 73.0 Å². The lowest BCUT2D eigenvalue weighted by Gasteiger charge is -2.38. The maximum absolute atomic E-state index is 5.08. The fourth-order valence-electron chi connectivity index (χ4n) is 8.07. The highest BCUT2D eigenvalue weighted by Crippen LogP contribution is 2.49. The predicted molar refractivity (Wildman–Crippen MR) is 190 cm³/mol. The second kappa shape index (κ2) is 11.2. The fraction of sp³-hybridized carbons (Fsp3) is 0.233. The zero-order valence-electron chi connectivity index (χ0n) is 25.7. The van der Waals surface area contributed by atoms with E-state index in [0.29, 0.717) is 23.8 Å². The predicted octanol–water partition coefficient (Wildman–Crippen LogP) is 11.5. The number of aliphatic imine (C=N–C) groups is 1. The van der Waals surface area contributed by atoms with Crippen molar-refractivity contribution in [3.8, 4) is 11.1 Å². The van der Waals surface area contributed by atoms with Gasteiger partial charge in [0.25, 0.3) is 0 Å². The monoisotopic (exact) mass is 569 g/mol. The Morgan fingerprint density at radius 2 is 1.45 bits per heavy atom. The third-order valence-electron chi connectivity index (χ3n) is 10.5. The number of dihydropyridines is 1. The van der Waals surface area contributed by atoms with Crippen LogP contribution < -0.4 is 0 Å². The van der Waals surface area contributed by atoms with Crippen molar-refractivity contribution >= 4 is 44.1 Å². The molecule has 1 heterocycles. The number of rotatable bonds is 5. The summed E-state index contributed by atoms with van der Waals surface area (Å²) in [7, 11) is 0. The van der Waals surface area contributed by atoms with Crippen LogP contribution in [0.4, 0.5) is 0 Å². The first-order valence-electron chi connectivity index (χ1n) is 16.5. The second-order valence-corrected chi connectivity index (χ2v) is 12.9. The summed E-state index contributed by atoms with van der Waals surface area (Å²) in [6.07, 6.45) is 18.8. The summed E-state index contributed by atoms with van der Waals surface area (Å²) >= 11 is 0. The molecule has 0 aromatic heterocycles. The van der Waals surface area contributed by atoms with E-state index < -0.39 is 0 Å². The third kappa shape index (κ3) is 4.49. The Kier molecular flexibility index (Phi) is 6.90. The Bertz CT molecular complexity index is 2010. The van der Waals surface area contributed by atoms with E-state index in [-0.39, 0.29) is 0 Å². The lowest BCUT2D eigenvalue weighted by Crippen LogP contribution is -2.31. The van der Waals surface area contributed by atoms with Crippen LogP contribution in [-0.2, 0) is 0 Å². The van der Waals surface area contributed by atoms with E-state index >= 15 is 0 Å². The highest BCUT2D eigenvalue weighted by molar-refractivity contribution is 6.20. The van der Waals surface area contributed by atoms with Gasteiger partial charge in [0, 0.05) is 12.1 Å². The lowest BCUT2D eigenvalue weighted by molar-refractivity contribution is 0.352. The summed E-state index contributed by atoms with van der Waals surface area (Å²) < 4.78 is 0. The molecule has 0 N–H and O–H groups in total. The van der Waals surface area contributed by atoms with Crippen molar-refractivity contribution in [1.29, 1.82) is 0 Å². The molecule has 0 amide bonds. The van der Waals surface area contributed by atoms with Crippen LogP contribution in [0.3, 0.4) is 0 Å². The normalized spacial score (nSPS) is 22.0. The van der Waals surface area contributed by atoms with Gasteiger partial charge in [0.2, 0.25) is 0 Å². The van der Waals surface area contributed by atoms with E-state index in [1.807, 2.05) is 0 Å². The number of allylic oxidation sites excluding steroid dienone is 6. The number of fused-ring (bicyclic) bond motifs is 4. The van der Waals surface area contributed by atoms with Gasteiger partial charge in [0.05, 0.1) is 6.04 Å². The minimum absolute atomic E-state index is 0.317. The molecule has 0 spiro atoms. The van der Waals surface area contributed by atoms with Crippen LogP contribution in [0.1, 0.15) is 45.1 Å². The Balaban J connectivity index is 1.31. The summed E-state index contributed by atoms with van der Waals surface area (Å²) in [6.45, 7) is 4.66. The van der Waals surface area contributed by atoms with Crippen LogP contribution in [0, 0.1) is 17.8 Å². The van der Waals surface area contributed by atoms with Crippen LogP contribution >= 0.6 is 0 Å². The van der Waals surface area contributed by atoms with Crippen molar-refractivity contribution in [1.82, 2.24) is 0 Å². The zero-order chi connectivity index (χ0) is 29.6. The van der Waals surface area contributed by atoms with Crippen LogP contribution in [-0.4, -0.2) is 12.3 Å². The standard InChI is InChI=1S/C43H39N/c1-3-28(2)30-24-25-44-41(27-30)35-22-23-40(34-15-7-6-14-33(34)35)43-38-18-10-8-16-36(38)42(37-17-9-11-19-39(37)43)32-21-20-29-12-4-5-13-31(29)26-32/h4-5,7-13,15-26,28,33,35,41H,3,6,14,27H2,1-2H3. The van der Waals surface area contributed by atoms with Gasteiger partial charge in [-0.05, 0) is 110 Å². The van der Waals surface area contributed by atoms with Gasteiger partial charge in [-0.3, -0.25) is 4.99 Å². The largest absolute Gasteiger partial charge is 0.289 e.